The highest BCUT2D eigenvalue weighted by atomic mass is 35.5. The Morgan fingerprint density at radius 1 is 0.792 bits per heavy atom. The Bertz CT molecular complexity index is 794. The zero-order chi connectivity index (χ0) is 16.9. The topological polar surface area (TPSA) is 3.24 Å². The molecule has 0 fully saturated rings. The van der Waals surface area contributed by atoms with Crippen LogP contribution in [0.25, 0.3) is 11.1 Å². The van der Waals surface area contributed by atoms with Crippen LogP contribution >= 0.6 is 11.6 Å². The van der Waals surface area contributed by atoms with Gasteiger partial charge in [0.05, 0.1) is 0 Å². The van der Waals surface area contributed by atoms with E-state index >= 15 is 0 Å². The largest absolute Gasteiger partial charge is 0.342 e. The van der Waals surface area contributed by atoms with Crippen LogP contribution in [0.2, 0.25) is 5.02 Å². The molecule has 0 aliphatic heterocycles. The number of nitrogens with zero attached hydrogens (tertiary/aromatic N) is 1. The van der Waals surface area contributed by atoms with Gasteiger partial charge in [-0.15, -0.1) is 0 Å². The van der Waals surface area contributed by atoms with Gasteiger partial charge < -0.3 is 4.90 Å². The van der Waals surface area contributed by atoms with Crippen LogP contribution in [0.15, 0.2) is 72.8 Å². The van der Waals surface area contributed by atoms with Crippen LogP contribution < -0.4 is 4.90 Å². The van der Waals surface area contributed by atoms with Crippen LogP contribution in [0.3, 0.4) is 0 Å². The quantitative estimate of drug-likeness (QED) is 0.499. The fourth-order valence-corrected chi connectivity index (χ4v) is 3.18. The SMILES string of the molecule is CCc1cc(-c2ccc(Cl)cc2)ccc1N(CC)c1ccccc1. The number of hydrogen-bond acceptors (Lipinski definition) is 1. The molecule has 0 heterocycles. The third-order valence-electron chi connectivity index (χ3n) is 4.31. The molecule has 0 spiro atoms. The molecule has 0 saturated carbocycles. The van der Waals surface area contributed by atoms with Gasteiger partial charge in [0.15, 0.2) is 0 Å². The molecule has 0 aromatic heterocycles. The molecule has 0 saturated heterocycles. The van der Waals surface area contributed by atoms with Crippen molar-refractivity contribution in [3.05, 3.63) is 83.4 Å². The third kappa shape index (κ3) is 3.47. The van der Waals surface area contributed by atoms with Crippen molar-refractivity contribution in [2.75, 3.05) is 11.4 Å². The molecule has 3 rings (SSSR count). The lowest BCUT2D eigenvalue weighted by atomic mass is 9.99. The lowest BCUT2D eigenvalue weighted by molar-refractivity contribution is 0.997. The van der Waals surface area contributed by atoms with Crippen LogP contribution in [-0.4, -0.2) is 6.54 Å². The lowest BCUT2D eigenvalue weighted by Gasteiger charge is -2.26. The number of rotatable bonds is 5. The van der Waals surface area contributed by atoms with Crippen LogP contribution in [0.5, 0.6) is 0 Å². The van der Waals surface area contributed by atoms with E-state index in [1.807, 2.05) is 12.1 Å². The summed E-state index contributed by atoms with van der Waals surface area (Å²) in [5.74, 6) is 0. The molecule has 3 aromatic carbocycles. The summed E-state index contributed by atoms with van der Waals surface area (Å²) in [5.41, 5.74) is 6.30. The van der Waals surface area contributed by atoms with E-state index in [1.54, 1.807) is 0 Å². The molecule has 122 valence electrons. The Kier molecular flexibility index (Phi) is 5.22. The summed E-state index contributed by atoms with van der Waals surface area (Å²) in [4.78, 5) is 2.37. The maximum Gasteiger partial charge on any atom is 0.0443 e. The number of halogens is 1. The summed E-state index contributed by atoms with van der Waals surface area (Å²) in [6, 6.07) is 25.3. The van der Waals surface area contributed by atoms with Gasteiger partial charge in [0, 0.05) is 22.9 Å². The molecule has 2 heteroatoms. The van der Waals surface area contributed by atoms with E-state index in [0.29, 0.717) is 0 Å². The van der Waals surface area contributed by atoms with Crippen molar-refractivity contribution in [3.8, 4) is 11.1 Å². The van der Waals surface area contributed by atoms with Crippen molar-refractivity contribution in [1.82, 2.24) is 0 Å². The molecule has 0 bridgehead atoms. The fraction of sp³-hybridized carbons (Fsp3) is 0.182. The first-order chi connectivity index (χ1) is 11.7. The zero-order valence-electron chi connectivity index (χ0n) is 14.2. The lowest BCUT2D eigenvalue weighted by Crippen LogP contribution is -2.17. The normalized spacial score (nSPS) is 10.6. The van der Waals surface area contributed by atoms with Crippen LogP contribution in [0.4, 0.5) is 11.4 Å². The molecule has 24 heavy (non-hydrogen) atoms. The maximum atomic E-state index is 6.00. The Balaban J connectivity index is 2.01. The number of benzene rings is 3. The standard InChI is InChI=1S/C22H22ClN/c1-3-17-16-19(18-10-13-20(23)14-11-18)12-15-22(17)24(4-2)21-8-6-5-7-9-21/h5-16H,3-4H2,1-2H3. The van der Waals surface area contributed by atoms with Gasteiger partial charge in [0.25, 0.3) is 0 Å². The fourth-order valence-electron chi connectivity index (χ4n) is 3.05. The summed E-state index contributed by atoms with van der Waals surface area (Å²) < 4.78 is 0. The molecule has 0 radical (unpaired) electrons. The second-order valence-electron chi connectivity index (χ2n) is 5.78. The smallest absolute Gasteiger partial charge is 0.0443 e. The molecule has 0 aliphatic carbocycles. The highest BCUT2D eigenvalue weighted by Crippen LogP contribution is 2.32. The van der Waals surface area contributed by atoms with E-state index in [4.69, 9.17) is 11.6 Å². The highest BCUT2D eigenvalue weighted by Gasteiger charge is 2.12. The van der Waals surface area contributed by atoms with Crippen molar-refractivity contribution < 1.29 is 0 Å². The second-order valence-corrected chi connectivity index (χ2v) is 6.22. The number of hydrogen-bond donors (Lipinski definition) is 0. The summed E-state index contributed by atoms with van der Waals surface area (Å²) in [5, 5.41) is 0.771. The number of anilines is 2. The van der Waals surface area contributed by atoms with Crippen molar-refractivity contribution in [2.45, 2.75) is 20.3 Å². The van der Waals surface area contributed by atoms with Crippen LogP contribution in [0, 0.1) is 0 Å². The first-order valence-corrected chi connectivity index (χ1v) is 8.82. The molecular weight excluding hydrogens is 314 g/mol. The third-order valence-corrected chi connectivity index (χ3v) is 4.56. The highest BCUT2D eigenvalue weighted by molar-refractivity contribution is 6.30. The second kappa shape index (κ2) is 7.55. The summed E-state index contributed by atoms with van der Waals surface area (Å²) in [6.45, 7) is 5.35. The van der Waals surface area contributed by atoms with E-state index in [0.717, 1.165) is 18.0 Å². The van der Waals surface area contributed by atoms with Crippen LogP contribution in [0.1, 0.15) is 19.4 Å². The molecule has 0 aliphatic rings. The minimum Gasteiger partial charge on any atom is -0.342 e. The Hall–Kier alpha value is -2.25. The predicted molar refractivity (Wildman–Crippen MR) is 105 cm³/mol. The molecule has 3 aromatic rings. The average Bonchev–Trinajstić information content (AvgIpc) is 2.64. The van der Waals surface area contributed by atoms with Crippen molar-refractivity contribution in [3.63, 3.8) is 0 Å². The van der Waals surface area contributed by atoms with E-state index in [-0.39, 0.29) is 0 Å². The summed E-state index contributed by atoms with van der Waals surface area (Å²) in [7, 11) is 0. The molecule has 0 unspecified atom stereocenters. The minimum absolute atomic E-state index is 0.771. The first kappa shape index (κ1) is 16.6. The van der Waals surface area contributed by atoms with E-state index in [9.17, 15) is 0 Å². The van der Waals surface area contributed by atoms with Gasteiger partial charge in [-0.3, -0.25) is 0 Å². The minimum atomic E-state index is 0.771. The van der Waals surface area contributed by atoms with Gasteiger partial charge >= 0.3 is 0 Å². The maximum absolute atomic E-state index is 6.00. The first-order valence-electron chi connectivity index (χ1n) is 8.44. The van der Waals surface area contributed by atoms with E-state index in [2.05, 4.69) is 79.4 Å². The van der Waals surface area contributed by atoms with Gasteiger partial charge in [0.1, 0.15) is 0 Å². The van der Waals surface area contributed by atoms with Crippen molar-refractivity contribution >= 4 is 23.0 Å². The van der Waals surface area contributed by atoms with Gasteiger partial charge in [-0.25, -0.2) is 0 Å². The summed E-state index contributed by atoms with van der Waals surface area (Å²) in [6.07, 6.45) is 1.00. The van der Waals surface area contributed by atoms with Crippen molar-refractivity contribution in [1.29, 1.82) is 0 Å². The Morgan fingerprint density at radius 3 is 2.08 bits per heavy atom. The van der Waals surface area contributed by atoms with Crippen molar-refractivity contribution in [2.24, 2.45) is 0 Å². The molecular formula is C22H22ClN. The van der Waals surface area contributed by atoms with Gasteiger partial charge in [-0.2, -0.15) is 0 Å². The molecule has 0 N–H and O–H groups in total. The Labute approximate surface area is 149 Å². The van der Waals surface area contributed by atoms with E-state index in [1.165, 1.54) is 28.1 Å². The van der Waals surface area contributed by atoms with Gasteiger partial charge in [0.2, 0.25) is 0 Å². The summed E-state index contributed by atoms with van der Waals surface area (Å²) >= 11 is 6.00. The molecule has 0 amide bonds. The number of para-hydroxylation sites is 1. The molecule has 1 nitrogen and oxygen atoms in total. The number of aryl methyl sites for hydroxylation is 1. The van der Waals surface area contributed by atoms with Crippen LogP contribution in [-0.2, 0) is 6.42 Å². The van der Waals surface area contributed by atoms with Gasteiger partial charge in [-0.05, 0) is 66.4 Å². The monoisotopic (exact) mass is 335 g/mol. The van der Waals surface area contributed by atoms with Gasteiger partial charge in [-0.1, -0.05) is 54.9 Å². The average molecular weight is 336 g/mol. The molecule has 0 atom stereocenters. The Morgan fingerprint density at radius 2 is 1.46 bits per heavy atom. The zero-order valence-corrected chi connectivity index (χ0v) is 14.9. The van der Waals surface area contributed by atoms with E-state index < -0.39 is 0 Å². The predicted octanol–water partition coefficient (Wildman–Crippen LogP) is 6.73.